The fraction of sp³-hybridized carbons (Fsp3) is 0.278. The van der Waals surface area contributed by atoms with Gasteiger partial charge >= 0.3 is 0 Å². The van der Waals surface area contributed by atoms with Crippen LogP contribution in [-0.4, -0.2) is 33.9 Å². The molecular weight excluding hydrogens is 382 g/mol. The third-order valence-corrected chi connectivity index (χ3v) is 4.95. The average Bonchev–Trinajstić information content (AvgIpc) is 3.07. The molecule has 3 aromatic rings. The number of ether oxygens (including phenoxy) is 1. The predicted octanol–water partition coefficient (Wildman–Crippen LogP) is 4.30. The van der Waals surface area contributed by atoms with Crippen LogP contribution in [0.15, 0.2) is 41.1 Å². The molecule has 1 N–H and O–H groups in total. The van der Waals surface area contributed by atoms with Crippen molar-refractivity contribution in [3.63, 3.8) is 0 Å². The summed E-state index contributed by atoms with van der Waals surface area (Å²) in [6, 6.07) is 8.19. The van der Waals surface area contributed by atoms with Crippen molar-refractivity contribution < 1.29 is 4.74 Å². The highest BCUT2D eigenvalue weighted by atomic mass is 79.9. The number of halogens is 1. The highest BCUT2D eigenvalue weighted by molar-refractivity contribution is 9.10. The van der Waals surface area contributed by atoms with Gasteiger partial charge in [-0.05, 0) is 53.0 Å². The largest absolute Gasteiger partial charge is 0.381 e. The van der Waals surface area contributed by atoms with E-state index in [2.05, 4.69) is 36.2 Å². The Kier molecular flexibility index (Phi) is 4.38. The smallest absolute Gasteiger partial charge is 0.208 e. The van der Waals surface area contributed by atoms with Gasteiger partial charge in [-0.15, -0.1) is 0 Å². The summed E-state index contributed by atoms with van der Waals surface area (Å²) < 4.78 is 8.17. The first-order valence-electron chi connectivity index (χ1n) is 8.10. The first kappa shape index (κ1) is 16.1. The van der Waals surface area contributed by atoms with Gasteiger partial charge in [0.1, 0.15) is 0 Å². The Bertz CT molecular complexity index is 956. The van der Waals surface area contributed by atoms with Gasteiger partial charge < -0.3 is 10.1 Å². The fourth-order valence-corrected chi connectivity index (χ4v) is 3.33. The number of rotatable bonds is 3. The molecule has 25 heavy (non-hydrogen) atoms. The SMILES string of the molecule is [C-]#[N+]c1cnn2c(-c3cc(NC4CCOCC4)c(Br)cn3)ccc2c1. The Hall–Kier alpha value is -2.43. The molecule has 6 nitrogen and oxygen atoms in total. The van der Waals surface area contributed by atoms with Gasteiger partial charge in [-0.1, -0.05) is 0 Å². The van der Waals surface area contributed by atoms with E-state index in [1.807, 2.05) is 35.0 Å². The van der Waals surface area contributed by atoms with Crippen LogP contribution in [0.1, 0.15) is 12.8 Å². The van der Waals surface area contributed by atoms with Crippen LogP contribution in [0.2, 0.25) is 0 Å². The normalized spacial score (nSPS) is 15.2. The second kappa shape index (κ2) is 6.82. The Morgan fingerprint density at radius 1 is 1.24 bits per heavy atom. The van der Waals surface area contributed by atoms with Crippen molar-refractivity contribution in [3.05, 3.63) is 52.5 Å². The molecule has 1 saturated heterocycles. The lowest BCUT2D eigenvalue weighted by Crippen LogP contribution is -2.28. The molecule has 0 bridgehead atoms. The van der Waals surface area contributed by atoms with Crippen molar-refractivity contribution >= 4 is 32.8 Å². The minimum Gasteiger partial charge on any atom is -0.381 e. The van der Waals surface area contributed by atoms with Crippen molar-refractivity contribution in [2.45, 2.75) is 18.9 Å². The molecule has 0 atom stereocenters. The molecular formula is C18H16BrN5O. The van der Waals surface area contributed by atoms with Crippen LogP contribution in [0.25, 0.3) is 21.7 Å². The molecule has 4 rings (SSSR count). The average molecular weight is 398 g/mol. The van der Waals surface area contributed by atoms with E-state index < -0.39 is 0 Å². The van der Waals surface area contributed by atoms with Crippen molar-refractivity contribution in [1.29, 1.82) is 0 Å². The quantitative estimate of drug-likeness (QED) is 0.669. The molecule has 0 saturated carbocycles. The number of nitrogens with one attached hydrogen (secondary N) is 1. The van der Waals surface area contributed by atoms with Gasteiger partial charge in [0, 0.05) is 25.5 Å². The molecule has 4 heterocycles. The van der Waals surface area contributed by atoms with Crippen LogP contribution in [0.5, 0.6) is 0 Å². The summed E-state index contributed by atoms with van der Waals surface area (Å²) in [5, 5.41) is 7.95. The summed E-state index contributed by atoms with van der Waals surface area (Å²) in [7, 11) is 0. The Balaban J connectivity index is 1.69. The summed E-state index contributed by atoms with van der Waals surface area (Å²) in [4.78, 5) is 7.96. The highest BCUT2D eigenvalue weighted by Crippen LogP contribution is 2.30. The molecule has 1 fully saturated rings. The van der Waals surface area contributed by atoms with Crippen LogP contribution in [0.3, 0.4) is 0 Å². The summed E-state index contributed by atoms with van der Waals surface area (Å²) in [5.41, 5.74) is 4.16. The van der Waals surface area contributed by atoms with E-state index in [1.165, 1.54) is 0 Å². The Morgan fingerprint density at radius 2 is 2.08 bits per heavy atom. The van der Waals surface area contributed by atoms with Crippen molar-refractivity contribution in [3.8, 4) is 11.4 Å². The van der Waals surface area contributed by atoms with Gasteiger partial charge in [0.15, 0.2) is 0 Å². The van der Waals surface area contributed by atoms with Crippen LogP contribution in [-0.2, 0) is 4.74 Å². The Labute approximate surface area is 153 Å². The lowest BCUT2D eigenvalue weighted by Gasteiger charge is -2.24. The highest BCUT2D eigenvalue weighted by Gasteiger charge is 2.16. The van der Waals surface area contributed by atoms with Crippen LogP contribution < -0.4 is 5.32 Å². The molecule has 1 aliphatic heterocycles. The molecule has 0 amide bonds. The van der Waals surface area contributed by atoms with Gasteiger partial charge in [-0.2, -0.15) is 5.10 Å². The summed E-state index contributed by atoms with van der Waals surface area (Å²) >= 11 is 3.58. The maximum absolute atomic E-state index is 7.10. The summed E-state index contributed by atoms with van der Waals surface area (Å²) in [6.07, 6.45) is 5.38. The zero-order chi connectivity index (χ0) is 17.2. The number of hydrogen-bond acceptors (Lipinski definition) is 4. The molecule has 7 heteroatoms. The van der Waals surface area contributed by atoms with Gasteiger partial charge in [-0.25, -0.2) is 9.36 Å². The second-order valence-corrected chi connectivity index (χ2v) is 6.82. The fourth-order valence-electron chi connectivity index (χ4n) is 2.99. The van der Waals surface area contributed by atoms with E-state index in [-0.39, 0.29) is 0 Å². The monoisotopic (exact) mass is 397 g/mol. The third kappa shape index (κ3) is 3.23. The zero-order valence-corrected chi connectivity index (χ0v) is 15.0. The van der Waals surface area contributed by atoms with E-state index in [0.29, 0.717) is 11.7 Å². The Morgan fingerprint density at radius 3 is 2.88 bits per heavy atom. The van der Waals surface area contributed by atoms with Gasteiger partial charge in [-0.3, -0.25) is 4.98 Å². The molecule has 0 unspecified atom stereocenters. The lowest BCUT2D eigenvalue weighted by molar-refractivity contribution is 0.0904. The van der Waals surface area contributed by atoms with Crippen molar-refractivity contribution in [1.82, 2.24) is 14.6 Å². The summed E-state index contributed by atoms with van der Waals surface area (Å²) in [6.45, 7) is 8.70. The standard InChI is InChI=1S/C18H16BrN5O/c1-20-13-8-14-2-3-18(24(14)22-10-13)17-9-16(15(19)11-21-17)23-12-4-6-25-7-5-12/h2-3,8-12H,4-7H2,(H,21,23). The van der Waals surface area contributed by atoms with Crippen LogP contribution >= 0.6 is 15.9 Å². The van der Waals surface area contributed by atoms with Gasteiger partial charge in [0.25, 0.3) is 0 Å². The van der Waals surface area contributed by atoms with Gasteiger partial charge in [0.2, 0.25) is 5.69 Å². The van der Waals surface area contributed by atoms with Crippen molar-refractivity contribution in [2.75, 3.05) is 18.5 Å². The van der Waals surface area contributed by atoms with Crippen LogP contribution in [0, 0.1) is 6.57 Å². The minimum atomic E-state index is 0.406. The first-order chi connectivity index (χ1) is 12.2. The molecule has 0 aromatic carbocycles. The molecule has 1 aliphatic rings. The molecule has 0 spiro atoms. The number of aromatic nitrogens is 3. The summed E-state index contributed by atoms with van der Waals surface area (Å²) in [5.74, 6) is 0. The topological polar surface area (TPSA) is 55.8 Å². The maximum Gasteiger partial charge on any atom is 0.208 e. The zero-order valence-electron chi connectivity index (χ0n) is 13.4. The first-order valence-corrected chi connectivity index (χ1v) is 8.89. The van der Waals surface area contributed by atoms with E-state index in [4.69, 9.17) is 11.3 Å². The van der Waals surface area contributed by atoms with Crippen molar-refractivity contribution in [2.24, 2.45) is 0 Å². The number of fused-ring (bicyclic) bond motifs is 1. The minimum absolute atomic E-state index is 0.406. The third-order valence-electron chi connectivity index (χ3n) is 4.31. The van der Waals surface area contributed by atoms with E-state index in [9.17, 15) is 0 Å². The maximum atomic E-state index is 7.10. The molecule has 0 aliphatic carbocycles. The second-order valence-electron chi connectivity index (χ2n) is 5.96. The number of pyridine rings is 1. The lowest BCUT2D eigenvalue weighted by atomic mass is 10.1. The number of hydrogen-bond donors (Lipinski definition) is 1. The van der Waals surface area contributed by atoms with Gasteiger partial charge in [0.05, 0.1) is 39.8 Å². The van der Waals surface area contributed by atoms with E-state index in [1.54, 1.807) is 6.20 Å². The van der Waals surface area contributed by atoms with E-state index in [0.717, 1.165) is 53.1 Å². The van der Waals surface area contributed by atoms with Crippen LogP contribution in [0.4, 0.5) is 11.4 Å². The predicted molar refractivity (Wildman–Crippen MR) is 99.8 cm³/mol. The molecule has 0 radical (unpaired) electrons. The molecule has 126 valence electrons. The molecule has 3 aromatic heterocycles. The number of anilines is 1. The number of nitrogens with zero attached hydrogens (tertiary/aromatic N) is 4. The van der Waals surface area contributed by atoms with E-state index >= 15 is 0 Å².